The van der Waals surface area contributed by atoms with Gasteiger partial charge in [-0.15, -0.1) is 0 Å². The van der Waals surface area contributed by atoms with E-state index in [1.54, 1.807) is 47.4 Å². The molecule has 4 rings (SSSR count). The number of carbonyl (C=O) groups is 3. The van der Waals surface area contributed by atoms with Crippen LogP contribution in [-0.4, -0.2) is 24.3 Å². The summed E-state index contributed by atoms with van der Waals surface area (Å²) in [5.41, 5.74) is 3.89. The number of anilines is 3. The minimum Gasteiger partial charge on any atom is -0.322 e. The van der Waals surface area contributed by atoms with Gasteiger partial charge >= 0.3 is 0 Å². The van der Waals surface area contributed by atoms with Crippen LogP contribution in [0.4, 0.5) is 17.1 Å². The Morgan fingerprint density at radius 1 is 0.750 bits per heavy atom. The zero-order chi connectivity index (χ0) is 22.5. The summed E-state index contributed by atoms with van der Waals surface area (Å²) < 4.78 is 0. The van der Waals surface area contributed by atoms with Gasteiger partial charge in [-0.05, 0) is 73.9 Å². The number of carbonyl (C=O) groups excluding carboxylic acids is 3. The molecule has 1 aliphatic heterocycles. The second-order valence-corrected chi connectivity index (χ2v) is 7.80. The fourth-order valence-corrected chi connectivity index (χ4v) is 3.76. The molecule has 0 unspecified atom stereocenters. The zero-order valence-corrected chi connectivity index (χ0v) is 17.9. The normalized spacial score (nSPS) is 13.5. The molecule has 3 amide bonds. The van der Waals surface area contributed by atoms with E-state index in [0.29, 0.717) is 35.5 Å². The van der Waals surface area contributed by atoms with E-state index in [2.05, 4.69) is 10.6 Å². The maximum Gasteiger partial charge on any atom is 0.255 e. The first-order chi connectivity index (χ1) is 15.5. The summed E-state index contributed by atoms with van der Waals surface area (Å²) in [4.78, 5) is 39.2. The molecule has 6 nitrogen and oxygen atoms in total. The quantitative estimate of drug-likeness (QED) is 0.600. The summed E-state index contributed by atoms with van der Waals surface area (Å²) in [6.45, 7) is 2.56. The summed E-state index contributed by atoms with van der Waals surface area (Å²) in [7, 11) is 0. The SMILES string of the molecule is Cc1c(NC(=O)c2ccccc2)cccc1NC(=O)c1ccc(N2CCCCC2=O)cc1. The third kappa shape index (κ3) is 4.70. The minimum atomic E-state index is -0.254. The molecule has 32 heavy (non-hydrogen) atoms. The highest BCUT2D eigenvalue weighted by molar-refractivity contribution is 6.07. The van der Waals surface area contributed by atoms with E-state index < -0.39 is 0 Å². The molecule has 1 saturated heterocycles. The van der Waals surface area contributed by atoms with Crippen molar-refractivity contribution in [2.24, 2.45) is 0 Å². The monoisotopic (exact) mass is 427 g/mol. The summed E-state index contributed by atoms with van der Waals surface area (Å²) in [5.74, 6) is -0.338. The third-order valence-electron chi connectivity index (χ3n) is 5.63. The number of nitrogens with zero attached hydrogens (tertiary/aromatic N) is 1. The van der Waals surface area contributed by atoms with Crippen molar-refractivity contribution >= 4 is 34.8 Å². The number of hydrogen-bond donors (Lipinski definition) is 2. The topological polar surface area (TPSA) is 78.5 Å². The van der Waals surface area contributed by atoms with E-state index in [1.165, 1.54) is 0 Å². The van der Waals surface area contributed by atoms with E-state index in [9.17, 15) is 14.4 Å². The highest BCUT2D eigenvalue weighted by atomic mass is 16.2. The summed E-state index contributed by atoms with van der Waals surface area (Å²) in [6, 6.07) is 21.4. The summed E-state index contributed by atoms with van der Waals surface area (Å²) in [6.07, 6.45) is 2.49. The summed E-state index contributed by atoms with van der Waals surface area (Å²) in [5, 5.41) is 5.82. The predicted octanol–water partition coefficient (Wildman–Crippen LogP) is 5.02. The molecule has 0 aliphatic carbocycles. The molecule has 3 aromatic rings. The lowest BCUT2D eigenvalue weighted by Gasteiger charge is -2.26. The van der Waals surface area contributed by atoms with Gasteiger partial charge < -0.3 is 15.5 Å². The van der Waals surface area contributed by atoms with Crippen molar-refractivity contribution in [3.63, 3.8) is 0 Å². The van der Waals surface area contributed by atoms with Gasteiger partial charge in [0.25, 0.3) is 11.8 Å². The number of nitrogens with one attached hydrogen (secondary N) is 2. The number of piperidine rings is 1. The largest absolute Gasteiger partial charge is 0.322 e. The highest BCUT2D eigenvalue weighted by Gasteiger charge is 2.20. The van der Waals surface area contributed by atoms with Crippen molar-refractivity contribution in [3.8, 4) is 0 Å². The zero-order valence-electron chi connectivity index (χ0n) is 17.9. The maximum absolute atomic E-state index is 12.8. The van der Waals surface area contributed by atoms with Gasteiger partial charge in [-0.25, -0.2) is 0 Å². The van der Waals surface area contributed by atoms with Crippen LogP contribution in [0.3, 0.4) is 0 Å². The fourth-order valence-electron chi connectivity index (χ4n) is 3.76. The lowest BCUT2D eigenvalue weighted by Crippen LogP contribution is -2.35. The van der Waals surface area contributed by atoms with Gasteiger partial charge in [0.05, 0.1) is 0 Å². The lowest BCUT2D eigenvalue weighted by molar-refractivity contribution is -0.119. The average Bonchev–Trinajstić information content (AvgIpc) is 2.82. The molecule has 0 aromatic heterocycles. The van der Waals surface area contributed by atoms with Crippen molar-refractivity contribution in [1.29, 1.82) is 0 Å². The Morgan fingerprint density at radius 3 is 1.94 bits per heavy atom. The van der Waals surface area contributed by atoms with Crippen LogP contribution >= 0.6 is 0 Å². The maximum atomic E-state index is 12.8. The molecule has 0 saturated carbocycles. The molecular weight excluding hydrogens is 402 g/mol. The Labute approximate surface area is 187 Å². The average molecular weight is 428 g/mol. The van der Waals surface area contributed by atoms with Crippen LogP contribution in [0, 0.1) is 6.92 Å². The Balaban J connectivity index is 1.46. The van der Waals surface area contributed by atoms with Crippen LogP contribution in [0.1, 0.15) is 45.5 Å². The van der Waals surface area contributed by atoms with Crippen LogP contribution in [0.15, 0.2) is 72.8 Å². The molecule has 0 radical (unpaired) electrons. The number of rotatable bonds is 5. The Hall–Kier alpha value is -3.93. The third-order valence-corrected chi connectivity index (χ3v) is 5.63. The number of benzene rings is 3. The Bertz CT molecular complexity index is 1140. The molecule has 162 valence electrons. The van der Waals surface area contributed by atoms with Crippen LogP contribution in [-0.2, 0) is 4.79 Å². The highest BCUT2D eigenvalue weighted by Crippen LogP contribution is 2.25. The van der Waals surface area contributed by atoms with E-state index in [-0.39, 0.29) is 17.7 Å². The van der Waals surface area contributed by atoms with Crippen LogP contribution < -0.4 is 15.5 Å². The van der Waals surface area contributed by atoms with Gasteiger partial charge in [0.1, 0.15) is 0 Å². The van der Waals surface area contributed by atoms with Gasteiger partial charge in [-0.2, -0.15) is 0 Å². The first-order valence-corrected chi connectivity index (χ1v) is 10.7. The molecule has 1 fully saturated rings. The lowest BCUT2D eigenvalue weighted by atomic mass is 10.1. The van der Waals surface area contributed by atoms with Crippen LogP contribution in [0.5, 0.6) is 0 Å². The van der Waals surface area contributed by atoms with Crippen molar-refractivity contribution in [2.45, 2.75) is 26.2 Å². The van der Waals surface area contributed by atoms with Gasteiger partial charge in [0, 0.05) is 41.2 Å². The minimum absolute atomic E-state index is 0.124. The molecule has 0 atom stereocenters. The molecular formula is C26H25N3O3. The number of hydrogen-bond acceptors (Lipinski definition) is 3. The molecule has 1 aliphatic rings. The van der Waals surface area contributed by atoms with Crippen molar-refractivity contribution in [2.75, 3.05) is 22.1 Å². The van der Waals surface area contributed by atoms with Gasteiger partial charge in [0.15, 0.2) is 0 Å². The first-order valence-electron chi connectivity index (χ1n) is 10.7. The van der Waals surface area contributed by atoms with Crippen molar-refractivity contribution in [3.05, 3.63) is 89.5 Å². The van der Waals surface area contributed by atoms with E-state index in [4.69, 9.17) is 0 Å². The van der Waals surface area contributed by atoms with E-state index in [1.807, 2.05) is 37.3 Å². The molecule has 3 aromatic carbocycles. The fraction of sp³-hybridized carbons (Fsp3) is 0.192. The van der Waals surface area contributed by atoms with Gasteiger partial charge in [-0.3, -0.25) is 14.4 Å². The van der Waals surface area contributed by atoms with Crippen molar-refractivity contribution in [1.82, 2.24) is 0 Å². The number of amides is 3. The van der Waals surface area contributed by atoms with Crippen molar-refractivity contribution < 1.29 is 14.4 Å². The standard InChI is InChI=1S/C26H25N3O3/c1-18-22(27-25(31)19-8-3-2-4-9-19)10-7-11-23(18)28-26(32)20-13-15-21(16-14-20)29-17-6-5-12-24(29)30/h2-4,7-11,13-16H,5-6,12,17H2,1H3,(H,27,31)(H,28,32). The second kappa shape index (κ2) is 9.47. The summed E-state index contributed by atoms with van der Waals surface area (Å²) >= 11 is 0. The smallest absolute Gasteiger partial charge is 0.255 e. The van der Waals surface area contributed by atoms with Gasteiger partial charge in [0.2, 0.25) is 5.91 Å². The second-order valence-electron chi connectivity index (χ2n) is 7.80. The van der Waals surface area contributed by atoms with E-state index >= 15 is 0 Å². The van der Waals surface area contributed by atoms with Crippen LogP contribution in [0.25, 0.3) is 0 Å². The molecule has 1 heterocycles. The van der Waals surface area contributed by atoms with E-state index in [0.717, 1.165) is 24.1 Å². The Kier molecular flexibility index (Phi) is 6.31. The first kappa shape index (κ1) is 21.3. The molecule has 0 bridgehead atoms. The molecule has 2 N–H and O–H groups in total. The van der Waals surface area contributed by atoms with Gasteiger partial charge in [-0.1, -0.05) is 24.3 Å². The van der Waals surface area contributed by atoms with Crippen LogP contribution in [0.2, 0.25) is 0 Å². The molecule has 6 heteroatoms. The Morgan fingerprint density at radius 2 is 1.34 bits per heavy atom. The predicted molar refractivity (Wildman–Crippen MR) is 126 cm³/mol. The molecule has 0 spiro atoms.